The largest absolute Gasteiger partial charge is 0.394 e. The summed E-state index contributed by atoms with van der Waals surface area (Å²) in [4.78, 5) is 14.1. The smallest absolute Gasteiger partial charge is 0.254 e. The average Bonchev–Trinajstić information content (AvgIpc) is 2.43. The van der Waals surface area contributed by atoms with Gasteiger partial charge in [0, 0.05) is 18.2 Å². The van der Waals surface area contributed by atoms with E-state index in [1.54, 1.807) is 4.90 Å². The number of halogens is 2. The molecule has 112 valence electrons. The second-order valence-corrected chi connectivity index (χ2v) is 4.96. The van der Waals surface area contributed by atoms with Crippen LogP contribution in [0, 0.1) is 11.6 Å². The van der Waals surface area contributed by atoms with E-state index in [4.69, 9.17) is 5.73 Å². The van der Waals surface area contributed by atoms with E-state index < -0.39 is 17.3 Å². The van der Waals surface area contributed by atoms with Crippen LogP contribution in [0.1, 0.15) is 50.4 Å². The van der Waals surface area contributed by atoms with Crippen LogP contribution >= 0.6 is 0 Å². The molecular formula is C15H22F2N2O. The van der Waals surface area contributed by atoms with E-state index >= 15 is 0 Å². The van der Waals surface area contributed by atoms with Crippen LogP contribution in [0.25, 0.3) is 0 Å². The van der Waals surface area contributed by atoms with Crippen molar-refractivity contribution in [3.8, 4) is 0 Å². The molecule has 1 unspecified atom stereocenters. The minimum absolute atomic E-state index is 0.00519. The van der Waals surface area contributed by atoms with Crippen LogP contribution in [0.4, 0.5) is 14.5 Å². The minimum Gasteiger partial charge on any atom is -0.394 e. The second kappa shape index (κ2) is 7.22. The summed E-state index contributed by atoms with van der Waals surface area (Å²) in [5, 5.41) is 0. The summed E-state index contributed by atoms with van der Waals surface area (Å²) >= 11 is 0. The summed E-state index contributed by atoms with van der Waals surface area (Å²) in [7, 11) is 0. The number of nitrogens with two attached hydrogens (primary N) is 1. The lowest BCUT2D eigenvalue weighted by Gasteiger charge is -2.28. The van der Waals surface area contributed by atoms with Gasteiger partial charge in [-0.3, -0.25) is 4.79 Å². The number of carbonyl (C=O) groups is 1. The Morgan fingerprint density at radius 2 is 1.85 bits per heavy atom. The maximum absolute atomic E-state index is 13.5. The van der Waals surface area contributed by atoms with E-state index in [0.29, 0.717) is 6.54 Å². The Balaban J connectivity index is 3.05. The summed E-state index contributed by atoms with van der Waals surface area (Å²) in [6, 6.07) is 2.03. The standard InChI is InChI=1S/C15H22F2N2O/c1-4-6-7-19(10(3)5-2)15(20)11-8-12(16)14(18)13(17)9-11/h8-10H,4-7,18H2,1-3H3. The first-order valence-corrected chi connectivity index (χ1v) is 6.97. The summed E-state index contributed by atoms with van der Waals surface area (Å²) in [6.45, 7) is 6.51. The molecule has 1 amide bonds. The number of amides is 1. The lowest BCUT2D eigenvalue weighted by molar-refractivity contribution is 0.0684. The van der Waals surface area contributed by atoms with Gasteiger partial charge in [-0.1, -0.05) is 20.3 Å². The van der Waals surface area contributed by atoms with Crippen LogP contribution < -0.4 is 5.73 Å². The molecule has 1 rings (SSSR count). The van der Waals surface area contributed by atoms with Crippen LogP contribution in [0.15, 0.2) is 12.1 Å². The molecule has 2 N–H and O–H groups in total. The topological polar surface area (TPSA) is 46.3 Å². The molecule has 3 nitrogen and oxygen atoms in total. The summed E-state index contributed by atoms with van der Waals surface area (Å²) in [5.41, 5.74) is 4.67. The zero-order valence-corrected chi connectivity index (χ0v) is 12.2. The van der Waals surface area contributed by atoms with Crippen molar-refractivity contribution in [2.24, 2.45) is 0 Å². The molecule has 5 heteroatoms. The summed E-state index contributed by atoms with van der Waals surface area (Å²) in [6.07, 6.45) is 2.59. The fourth-order valence-corrected chi connectivity index (χ4v) is 1.94. The number of rotatable bonds is 6. The third-order valence-electron chi connectivity index (χ3n) is 3.46. The molecule has 1 atom stereocenters. The Hall–Kier alpha value is -1.65. The third-order valence-corrected chi connectivity index (χ3v) is 3.46. The lowest BCUT2D eigenvalue weighted by atomic mass is 10.1. The zero-order valence-electron chi connectivity index (χ0n) is 12.2. The molecule has 0 spiro atoms. The molecular weight excluding hydrogens is 262 g/mol. The second-order valence-electron chi connectivity index (χ2n) is 4.96. The highest BCUT2D eigenvalue weighted by molar-refractivity contribution is 5.94. The number of nitrogens with zero attached hydrogens (tertiary/aromatic N) is 1. The highest BCUT2D eigenvalue weighted by atomic mass is 19.1. The first kappa shape index (κ1) is 16.4. The van der Waals surface area contributed by atoms with E-state index in [2.05, 4.69) is 0 Å². The Bertz CT molecular complexity index is 454. The van der Waals surface area contributed by atoms with Crippen LogP contribution in [0.2, 0.25) is 0 Å². The van der Waals surface area contributed by atoms with E-state index in [0.717, 1.165) is 31.4 Å². The van der Waals surface area contributed by atoms with Gasteiger partial charge in [0.1, 0.15) is 17.3 Å². The number of nitrogen functional groups attached to an aromatic ring is 1. The van der Waals surface area contributed by atoms with Crippen molar-refractivity contribution in [2.75, 3.05) is 12.3 Å². The molecule has 1 aromatic rings. The van der Waals surface area contributed by atoms with Crippen molar-refractivity contribution in [3.05, 3.63) is 29.3 Å². The quantitative estimate of drug-likeness (QED) is 0.811. The molecule has 1 aromatic carbocycles. The number of hydrogen-bond acceptors (Lipinski definition) is 2. The molecule has 0 aliphatic rings. The van der Waals surface area contributed by atoms with Gasteiger partial charge in [-0.25, -0.2) is 8.78 Å². The predicted molar refractivity (Wildman–Crippen MR) is 76.5 cm³/mol. The van der Waals surface area contributed by atoms with Crippen molar-refractivity contribution < 1.29 is 13.6 Å². The highest BCUT2D eigenvalue weighted by Crippen LogP contribution is 2.20. The molecule has 0 saturated heterocycles. The van der Waals surface area contributed by atoms with E-state index in [1.807, 2.05) is 20.8 Å². The van der Waals surface area contributed by atoms with Gasteiger partial charge in [0.25, 0.3) is 5.91 Å². The van der Waals surface area contributed by atoms with Crippen molar-refractivity contribution in [1.29, 1.82) is 0 Å². The van der Waals surface area contributed by atoms with E-state index in [1.165, 1.54) is 0 Å². The van der Waals surface area contributed by atoms with Crippen molar-refractivity contribution in [1.82, 2.24) is 4.90 Å². The van der Waals surface area contributed by atoms with Gasteiger partial charge in [0.2, 0.25) is 0 Å². The van der Waals surface area contributed by atoms with E-state index in [-0.39, 0.29) is 17.5 Å². The molecule has 0 fully saturated rings. The Morgan fingerprint density at radius 3 is 2.30 bits per heavy atom. The van der Waals surface area contributed by atoms with Gasteiger partial charge in [-0.05, 0) is 31.9 Å². The fraction of sp³-hybridized carbons (Fsp3) is 0.533. The molecule has 0 bridgehead atoms. The number of benzene rings is 1. The molecule has 20 heavy (non-hydrogen) atoms. The molecule has 0 aromatic heterocycles. The maximum atomic E-state index is 13.5. The minimum atomic E-state index is -0.895. The lowest BCUT2D eigenvalue weighted by Crippen LogP contribution is -2.39. The van der Waals surface area contributed by atoms with Crippen LogP contribution in [-0.4, -0.2) is 23.4 Å². The van der Waals surface area contributed by atoms with Gasteiger partial charge < -0.3 is 10.6 Å². The number of unbranched alkanes of at least 4 members (excludes halogenated alkanes) is 1. The summed E-state index contributed by atoms with van der Waals surface area (Å²) < 4.78 is 26.9. The average molecular weight is 284 g/mol. The molecule has 0 aliphatic carbocycles. The van der Waals surface area contributed by atoms with Gasteiger partial charge in [-0.2, -0.15) is 0 Å². The normalized spacial score (nSPS) is 12.2. The number of carbonyl (C=O) groups excluding carboxylic acids is 1. The van der Waals surface area contributed by atoms with Gasteiger partial charge >= 0.3 is 0 Å². The van der Waals surface area contributed by atoms with Gasteiger partial charge in [0.05, 0.1) is 0 Å². The zero-order chi connectivity index (χ0) is 15.3. The van der Waals surface area contributed by atoms with Crippen LogP contribution in [0.3, 0.4) is 0 Å². The number of anilines is 1. The third kappa shape index (κ3) is 3.68. The van der Waals surface area contributed by atoms with Crippen LogP contribution in [-0.2, 0) is 0 Å². The molecule has 0 heterocycles. The first-order chi connectivity index (χ1) is 9.42. The number of hydrogen-bond donors (Lipinski definition) is 1. The van der Waals surface area contributed by atoms with E-state index in [9.17, 15) is 13.6 Å². The van der Waals surface area contributed by atoms with Crippen molar-refractivity contribution >= 4 is 11.6 Å². The van der Waals surface area contributed by atoms with Crippen molar-refractivity contribution in [2.45, 2.75) is 46.1 Å². The highest BCUT2D eigenvalue weighted by Gasteiger charge is 2.22. The first-order valence-electron chi connectivity index (χ1n) is 6.97. The molecule has 0 aliphatic heterocycles. The van der Waals surface area contributed by atoms with Gasteiger partial charge in [-0.15, -0.1) is 0 Å². The summed E-state index contributed by atoms with van der Waals surface area (Å²) in [5.74, 6) is -2.15. The Morgan fingerprint density at radius 1 is 1.30 bits per heavy atom. The fourth-order valence-electron chi connectivity index (χ4n) is 1.94. The molecule has 0 radical (unpaired) electrons. The maximum Gasteiger partial charge on any atom is 0.254 e. The monoisotopic (exact) mass is 284 g/mol. The van der Waals surface area contributed by atoms with Crippen molar-refractivity contribution in [3.63, 3.8) is 0 Å². The SMILES string of the molecule is CCCCN(C(=O)c1cc(F)c(N)c(F)c1)C(C)CC. The Kier molecular flexibility index (Phi) is 5.92. The predicted octanol–water partition coefficient (Wildman–Crippen LogP) is 3.59. The van der Waals surface area contributed by atoms with Gasteiger partial charge in [0.15, 0.2) is 0 Å². The Labute approximate surface area is 118 Å². The van der Waals surface area contributed by atoms with Crippen LogP contribution in [0.5, 0.6) is 0 Å². The molecule has 0 saturated carbocycles.